The van der Waals surface area contributed by atoms with Crippen molar-refractivity contribution < 1.29 is 4.57 Å². The molecule has 0 aliphatic heterocycles. The highest BCUT2D eigenvalue weighted by Gasteiger charge is 2.21. The molecule has 3 heteroatoms. The van der Waals surface area contributed by atoms with E-state index in [1.807, 2.05) is 25.5 Å². The topological polar surface area (TPSA) is 30.0 Å². The van der Waals surface area contributed by atoms with Gasteiger partial charge in [-0.25, -0.2) is 4.98 Å². The van der Waals surface area contributed by atoms with Crippen molar-refractivity contribution in [2.24, 2.45) is 5.92 Å². The Balaban J connectivity index is 1.20. The fourth-order valence-corrected chi connectivity index (χ4v) is 7.91. The highest BCUT2D eigenvalue weighted by molar-refractivity contribution is 7.70. The summed E-state index contributed by atoms with van der Waals surface area (Å²) in [5.74, 6) is 0.648. The molecule has 0 saturated carbocycles. The Bertz CT molecular complexity index is 2280. The minimum Gasteiger partial charge on any atom is -0.319 e. The summed E-state index contributed by atoms with van der Waals surface area (Å²) in [6, 6.07) is 43.4. The van der Waals surface area contributed by atoms with Gasteiger partial charge in [0.25, 0.3) is 0 Å². The molecule has 8 rings (SSSR count). The lowest BCUT2D eigenvalue weighted by Crippen LogP contribution is -2.11. The first-order chi connectivity index (χ1) is 21.8. The fourth-order valence-electron chi connectivity index (χ4n) is 7.04. The average molecular weight is 600 g/mol. The van der Waals surface area contributed by atoms with Gasteiger partial charge in [-0.15, -0.1) is 0 Å². The Kier molecular flexibility index (Phi) is 6.59. The molecule has 0 spiro atoms. The van der Waals surface area contributed by atoms with Gasteiger partial charge < -0.3 is 4.57 Å². The molecule has 2 atom stereocenters. The maximum atomic E-state index is 12.5. The number of hydrogen-bond donors (Lipinski definition) is 0. The van der Waals surface area contributed by atoms with Crippen molar-refractivity contribution in [3.63, 3.8) is 0 Å². The molecule has 0 bridgehead atoms. The van der Waals surface area contributed by atoms with Crippen molar-refractivity contribution in [1.82, 2.24) is 4.98 Å². The van der Waals surface area contributed by atoms with E-state index in [4.69, 9.17) is 4.98 Å². The van der Waals surface area contributed by atoms with Crippen LogP contribution in [0, 0.1) is 5.92 Å². The van der Waals surface area contributed by atoms with Crippen LogP contribution in [0.25, 0.3) is 60.1 Å². The van der Waals surface area contributed by atoms with Gasteiger partial charge in [0.1, 0.15) is 7.14 Å². The first kappa shape index (κ1) is 27.7. The lowest BCUT2D eigenvalue weighted by Gasteiger charge is -2.24. The van der Waals surface area contributed by atoms with Crippen LogP contribution in [0.15, 0.2) is 140 Å². The van der Waals surface area contributed by atoms with Crippen LogP contribution >= 0.6 is 7.14 Å². The van der Waals surface area contributed by atoms with Gasteiger partial charge >= 0.3 is 0 Å². The summed E-state index contributed by atoms with van der Waals surface area (Å²) in [6.45, 7) is 5.94. The molecule has 0 amide bonds. The number of nitrogens with zero attached hydrogens (tertiary/aromatic N) is 1. The van der Waals surface area contributed by atoms with Gasteiger partial charge in [0.2, 0.25) is 0 Å². The lowest BCUT2D eigenvalue weighted by atomic mass is 9.81. The van der Waals surface area contributed by atoms with Crippen LogP contribution in [0.5, 0.6) is 0 Å². The van der Waals surface area contributed by atoms with E-state index >= 15 is 0 Å². The third-order valence-electron chi connectivity index (χ3n) is 9.46. The van der Waals surface area contributed by atoms with Crippen molar-refractivity contribution in [2.75, 3.05) is 13.3 Å². The van der Waals surface area contributed by atoms with Gasteiger partial charge in [0.15, 0.2) is 0 Å². The van der Waals surface area contributed by atoms with Crippen molar-refractivity contribution in [3.8, 4) is 11.1 Å². The second kappa shape index (κ2) is 10.7. The number of fused-ring (bicyclic) bond motifs is 6. The molecule has 1 heterocycles. The van der Waals surface area contributed by atoms with Crippen LogP contribution < -0.4 is 5.30 Å². The second-order valence-electron chi connectivity index (χ2n) is 12.7. The van der Waals surface area contributed by atoms with Crippen LogP contribution in [0.1, 0.15) is 24.0 Å². The summed E-state index contributed by atoms with van der Waals surface area (Å²) < 4.78 is 12.5. The van der Waals surface area contributed by atoms with E-state index in [-0.39, 0.29) is 0 Å². The zero-order valence-electron chi connectivity index (χ0n) is 25.7. The lowest BCUT2D eigenvalue weighted by molar-refractivity contribution is 0.588. The van der Waals surface area contributed by atoms with E-state index in [0.717, 1.165) is 16.3 Å². The first-order valence-electron chi connectivity index (χ1n) is 15.6. The predicted molar refractivity (Wildman–Crippen MR) is 194 cm³/mol. The molecule has 0 saturated heterocycles. The molecule has 1 aliphatic carbocycles. The van der Waals surface area contributed by atoms with Crippen molar-refractivity contribution in [1.29, 1.82) is 0 Å². The van der Waals surface area contributed by atoms with Crippen molar-refractivity contribution in [2.45, 2.75) is 12.8 Å². The molecule has 6 aromatic carbocycles. The highest BCUT2D eigenvalue weighted by atomic mass is 31.2. The van der Waals surface area contributed by atoms with E-state index in [0.29, 0.717) is 11.8 Å². The third kappa shape index (κ3) is 4.82. The minimum atomic E-state index is -2.25. The van der Waals surface area contributed by atoms with E-state index in [1.54, 1.807) is 0 Å². The number of pyridine rings is 1. The molecule has 1 aliphatic rings. The molecule has 45 heavy (non-hydrogen) atoms. The Morgan fingerprint density at radius 3 is 1.71 bits per heavy atom. The zero-order chi connectivity index (χ0) is 30.7. The maximum absolute atomic E-state index is 12.5. The van der Waals surface area contributed by atoms with Crippen molar-refractivity contribution >= 4 is 61.4 Å². The minimum absolute atomic E-state index is 0.300. The third-order valence-corrected chi connectivity index (χ3v) is 11.0. The van der Waals surface area contributed by atoms with Gasteiger partial charge in [-0.05, 0) is 52.3 Å². The fraction of sp³-hybridized carbons (Fsp3) is 0.119. The highest BCUT2D eigenvalue weighted by Crippen LogP contribution is 2.41. The maximum Gasteiger partial charge on any atom is 0.109 e. The van der Waals surface area contributed by atoms with Crippen LogP contribution in [-0.4, -0.2) is 18.3 Å². The molecule has 7 aromatic rings. The number of aromatic nitrogens is 1. The molecule has 218 valence electrons. The summed E-state index contributed by atoms with van der Waals surface area (Å²) in [7, 11) is -2.25. The zero-order valence-corrected chi connectivity index (χ0v) is 26.6. The average Bonchev–Trinajstić information content (AvgIpc) is 3.07. The standard InChI is InChI=1S/C42H34NOP/c1-27-26-33(20-23-35(27)31-16-21-34(22-17-31)45(2,3)44)28-12-14-32(15-13-28)40-38-24-18-29-8-4-6-10-36(29)41(38)43-42-37-11-7-5-9-30(37)19-25-39(40)42/h4-27,35H,1-3H3. The number of hydrogen-bond acceptors (Lipinski definition) is 2. The Hall–Kier alpha value is -4.78. The first-order valence-corrected chi connectivity index (χ1v) is 18.2. The Morgan fingerprint density at radius 2 is 1.16 bits per heavy atom. The van der Waals surface area contributed by atoms with E-state index in [2.05, 4.69) is 134 Å². The number of rotatable bonds is 4. The van der Waals surface area contributed by atoms with Gasteiger partial charge in [0.05, 0.1) is 11.0 Å². The Morgan fingerprint density at radius 1 is 0.600 bits per heavy atom. The summed E-state index contributed by atoms with van der Waals surface area (Å²) in [4.78, 5) is 5.34. The van der Waals surface area contributed by atoms with Crippen LogP contribution in [0.2, 0.25) is 0 Å². The molecule has 0 N–H and O–H groups in total. The predicted octanol–water partition coefficient (Wildman–Crippen LogP) is 11.0. The van der Waals surface area contributed by atoms with E-state index < -0.39 is 7.14 Å². The Labute approximate surface area is 264 Å². The molecule has 2 nitrogen and oxygen atoms in total. The normalized spacial score (nSPS) is 16.9. The van der Waals surface area contributed by atoms with E-state index in [9.17, 15) is 4.57 Å². The molecule has 0 fully saturated rings. The number of allylic oxidation sites excluding steroid dienone is 4. The smallest absolute Gasteiger partial charge is 0.109 e. The van der Waals surface area contributed by atoms with Gasteiger partial charge in [0, 0.05) is 38.3 Å². The molecule has 1 aromatic heterocycles. The van der Waals surface area contributed by atoms with Crippen LogP contribution in [0.4, 0.5) is 0 Å². The monoisotopic (exact) mass is 599 g/mol. The van der Waals surface area contributed by atoms with Gasteiger partial charge in [-0.1, -0.05) is 146 Å². The SMILES string of the molecule is CC1C=C(c2ccc(-c3c4ccc5ccccc5c4nc4c3ccc3ccccc34)cc2)C=CC1c1ccc(P(C)(C)=O)cc1. The summed E-state index contributed by atoms with van der Waals surface area (Å²) >= 11 is 0. The number of benzene rings is 6. The van der Waals surface area contributed by atoms with Gasteiger partial charge in [-0.3, -0.25) is 0 Å². The van der Waals surface area contributed by atoms with E-state index in [1.165, 1.54) is 60.1 Å². The largest absolute Gasteiger partial charge is 0.319 e. The summed E-state index contributed by atoms with van der Waals surface area (Å²) in [5, 5.41) is 8.04. The molecule has 2 unspecified atom stereocenters. The molecular weight excluding hydrogens is 565 g/mol. The quantitative estimate of drug-likeness (QED) is 0.114. The molecular formula is C42H34NOP. The summed E-state index contributed by atoms with van der Waals surface area (Å²) in [6.07, 6.45) is 6.96. The van der Waals surface area contributed by atoms with Crippen molar-refractivity contribution in [3.05, 3.63) is 151 Å². The van der Waals surface area contributed by atoms with Crippen LogP contribution in [0.3, 0.4) is 0 Å². The second-order valence-corrected chi connectivity index (χ2v) is 16.0. The molecule has 0 radical (unpaired) electrons. The summed E-state index contributed by atoms with van der Waals surface area (Å²) in [5.41, 5.74) is 8.23. The van der Waals surface area contributed by atoms with Gasteiger partial charge in [-0.2, -0.15) is 0 Å². The van der Waals surface area contributed by atoms with Crippen LogP contribution in [-0.2, 0) is 4.57 Å².